The summed E-state index contributed by atoms with van der Waals surface area (Å²) in [6.45, 7) is 9.08. The molecule has 0 aromatic heterocycles. The first-order valence-electron chi connectivity index (χ1n) is 20.3. The predicted molar refractivity (Wildman–Crippen MR) is 219 cm³/mol. The van der Waals surface area contributed by atoms with E-state index in [0.29, 0.717) is 6.54 Å². The van der Waals surface area contributed by atoms with Gasteiger partial charge in [0, 0.05) is 18.0 Å². The zero-order valence-electron chi connectivity index (χ0n) is 34.0. The van der Waals surface area contributed by atoms with Crippen molar-refractivity contribution in [2.24, 2.45) is 5.92 Å². The van der Waals surface area contributed by atoms with Crippen LogP contribution in [0.2, 0.25) is 0 Å². The lowest BCUT2D eigenvalue weighted by Gasteiger charge is -2.43. The van der Waals surface area contributed by atoms with Gasteiger partial charge in [0.2, 0.25) is 5.91 Å². The second-order valence-electron chi connectivity index (χ2n) is 16.6. The number of nitrogens with one attached hydrogen (secondary N) is 1. The number of esters is 1. The van der Waals surface area contributed by atoms with Crippen molar-refractivity contribution in [3.05, 3.63) is 131 Å². The van der Waals surface area contributed by atoms with Crippen LogP contribution in [-0.2, 0) is 53.1 Å². The van der Waals surface area contributed by atoms with Gasteiger partial charge in [-0.15, -0.1) is 0 Å². The average Bonchev–Trinajstić information content (AvgIpc) is 3.80. The zero-order valence-corrected chi connectivity index (χ0v) is 34.0. The molecule has 4 aromatic carbocycles. The standard InChI is InChI=1S/C47H53N3O9/c1-30-40(27-49-24-10-15-39(49)44(54)59-47(2,3)4)57-45(58-42(30)34-18-16-31(28-51)17-19-34)35-22-20-33(21-23-35)37-14-9-8-13-36(37)26-50-41(52)25-38(43(50)53)48-46(55)56-29-32-11-6-5-7-12-32/h5-9,11-14,16-23,30,38-40,42,45,51H,10,15,24-29H2,1-4H3,(H,48,55). The van der Waals surface area contributed by atoms with Gasteiger partial charge in [0.05, 0.1) is 31.8 Å². The Kier molecular flexibility index (Phi) is 12.9. The molecular formula is C47H53N3O9. The number of benzene rings is 4. The molecule has 12 nitrogen and oxygen atoms in total. The maximum atomic E-state index is 13.4. The van der Waals surface area contributed by atoms with Crippen LogP contribution >= 0.6 is 0 Å². The second-order valence-corrected chi connectivity index (χ2v) is 16.6. The monoisotopic (exact) mass is 803 g/mol. The highest BCUT2D eigenvalue weighted by Gasteiger charge is 2.43. The van der Waals surface area contributed by atoms with E-state index in [0.717, 1.165) is 58.3 Å². The van der Waals surface area contributed by atoms with Crippen molar-refractivity contribution in [2.45, 2.75) is 103 Å². The molecule has 7 rings (SSSR count). The molecule has 0 aliphatic carbocycles. The van der Waals surface area contributed by atoms with Crippen LogP contribution in [0.3, 0.4) is 0 Å². The molecule has 3 heterocycles. The van der Waals surface area contributed by atoms with Crippen LogP contribution in [0.25, 0.3) is 11.1 Å². The lowest BCUT2D eigenvalue weighted by atomic mass is 9.89. The highest BCUT2D eigenvalue weighted by atomic mass is 16.7. The Morgan fingerprint density at radius 3 is 2.27 bits per heavy atom. The number of hydrogen-bond donors (Lipinski definition) is 2. The van der Waals surface area contributed by atoms with E-state index in [1.165, 1.54) is 4.90 Å². The average molecular weight is 804 g/mol. The molecule has 6 unspecified atom stereocenters. The van der Waals surface area contributed by atoms with Crippen molar-refractivity contribution in [1.29, 1.82) is 0 Å². The summed E-state index contributed by atoms with van der Waals surface area (Å²) in [6.07, 6.45) is -0.611. The minimum Gasteiger partial charge on any atom is -0.459 e. The molecule has 0 radical (unpaired) electrons. The molecule has 3 aliphatic rings. The van der Waals surface area contributed by atoms with Crippen molar-refractivity contribution in [3.8, 4) is 11.1 Å². The Morgan fingerprint density at radius 1 is 0.864 bits per heavy atom. The van der Waals surface area contributed by atoms with Crippen LogP contribution in [0.4, 0.5) is 4.79 Å². The summed E-state index contributed by atoms with van der Waals surface area (Å²) >= 11 is 0. The smallest absolute Gasteiger partial charge is 0.408 e. The second kappa shape index (κ2) is 18.3. The molecule has 12 heteroatoms. The topological polar surface area (TPSA) is 144 Å². The Bertz CT molecular complexity index is 2100. The number of carbonyl (C=O) groups excluding carboxylic acids is 4. The minimum absolute atomic E-state index is 0.0405. The number of aliphatic hydroxyl groups is 1. The summed E-state index contributed by atoms with van der Waals surface area (Å²) in [4.78, 5) is 55.6. The molecule has 310 valence electrons. The number of hydrogen-bond acceptors (Lipinski definition) is 10. The Labute approximate surface area is 345 Å². The fourth-order valence-corrected chi connectivity index (χ4v) is 8.04. The summed E-state index contributed by atoms with van der Waals surface area (Å²) in [6, 6.07) is 31.1. The van der Waals surface area contributed by atoms with Crippen LogP contribution in [0.15, 0.2) is 103 Å². The first kappa shape index (κ1) is 41.7. The van der Waals surface area contributed by atoms with Gasteiger partial charge in [0.15, 0.2) is 6.29 Å². The first-order valence-corrected chi connectivity index (χ1v) is 20.3. The third kappa shape index (κ3) is 10.1. The summed E-state index contributed by atoms with van der Waals surface area (Å²) in [5.74, 6) is -1.15. The maximum Gasteiger partial charge on any atom is 0.408 e. The minimum atomic E-state index is -1.01. The molecular weight excluding hydrogens is 751 g/mol. The molecule has 2 N–H and O–H groups in total. The summed E-state index contributed by atoms with van der Waals surface area (Å²) in [5, 5.41) is 12.2. The Hall–Kier alpha value is -5.40. The lowest BCUT2D eigenvalue weighted by Crippen LogP contribution is -2.48. The first-order chi connectivity index (χ1) is 28.4. The number of nitrogens with zero attached hydrogens (tertiary/aromatic N) is 2. The molecule has 59 heavy (non-hydrogen) atoms. The van der Waals surface area contributed by atoms with E-state index in [1.807, 2.05) is 124 Å². The van der Waals surface area contributed by atoms with Crippen molar-refractivity contribution in [1.82, 2.24) is 15.1 Å². The zero-order chi connectivity index (χ0) is 41.7. The van der Waals surface area contributed by atoms with Crippen molar-refractivity contribution in [2.75, 3.05) is 13.1 Å². The summed E-state index contributed by atoms with van der Waals surface area (Å²) in [5.41, 5.74) is 5.30. The SMILES string of the molecule is CC1C(CN2CCCC2C(=O)OC(C)(C)C)OC(c2ccc(-c3ccccc3CN3C(=O)CC(NC(=O)OCc4ccccc4)C3=O)cc2)OC1c1ccc(CO)cc1. The number of alkyl carbamates (subject to hydrolysis) is 1. The van der Waals surface area contributed by atoms with Gasteiger partial charge < -0.3 is 29.4 Å². The van der Waals surface area contributed by atoms with Crippen LogP contribution in [0.5, 0.6) is 0 Å². The number of ether oxygens (including phenoxy) is 4. The fraction of sp³-hybridized carbons (Fsp3) is 0.404. The molecule has 3 saturated heterocycles. The van der Waals surface area contributed by atoms with Crippen LogP contribution in [-0.4, -0.2) is 75.7 Å². The van der Waals surface area contributed by atoms with E-state index < -0.39 is 29.9 Å². The largest absolute Gasteiger partial charge is 0.459 e. The van der Waals surface area contributed by atoms with Crippen molar-refractivity contribution >= 4 is 23.9 Å². The van der Waals surface area contributed by atoms with E-state index in [9.17, 15) is 24.3 Å². The molecule has 0 spiro atoms. The molecule has 6 atom stereocenters. The number of amides is 3. The predicted octanol–water partition coefficient (Wildman–Crippen LogP) is 7.00. The lowest BCUT2D eigenvalue weighted by molar-refractivity contribution is -0.276. The molecule has 0 bridgehead atoms. The van der Waals surface area contributed by atoms with E-state index >= 15 is 0 Å². The van der Waals surface area contributed by atoms with Crippen LogP contribution < -0.4 is 5.32 Å². The van der Waals surface area contributed by atoms with Gasteiger partial charge in [-0.1, -0.05) is 110 Å². The van der Waals surface area contributed by atoms with Crippen molar-refractivity contribution < 1.29 is 43.2 Å². The van der Waals surface area contributed by atoms with E-state index in [1.54, 1.807) is 0 Å². The molecule has 3 aliphatic heterocycles. The van der Waals surface area contributed by atoms with E-state index in [4.69, 9.17) is 18.9 Å². The number of imide groups is 1. The maximum absolute atomic E-state index is 13.4. The van der Waals surface area contributed by atoms with Gasteiger partial charge in [0.25, 0.3) is 5.91 Å². The van der Waals surface area contributed by atoms with E-state index in [-0.39, 0.29) is 62.2 Å². The van der Waals surface area contributed by atoms with Gasteiger partial charge >= 0.3 is 12.1 Å². The number of carbonyl (C=O) groups is 4. The molecule has 3 amide bonds. The van der Waals surface area contributed by atoms with Gasteiger partial charge in [-0.05, 0) is 73.5 Å². The number of aliphatic hydroxyl groups excluding tert-OH is 1. The normalized spacial score (nSPS) is 23.6. The number of rotatable bonds is 12. The Morgan fingerprint density at radius 2 is 1.56 bits per heavy atom. The quantitative estimate of drug-likeness (QED) is 0.114. The fourth-order valence-electron chi connectivity index (χ4n) is 8.04. The van der Waals surface area contributed by atoms with E-state index in [2.05, 4.69) is 17.1 Å². The Balaban J connectivity index is 1.06. The summed E-state index contributed by atoms with van der Waals surface area (Å²) < 4.78 is 24.5. The van der Waals surface area contributed by atoms with Gasteiger partial charge in [-0.2, -0.15) is 0 Å². The molecule has 4 aromatic rings. The van der Waals surface area contributed by atoms with Crippen molar-refractivity contribution in [3.63, 3.8) is 0 Å². The summed E-state index contributed by atoms with van der Waals surface area (Å²) in [7, 11) is 0. The molecule has 3 fully saturated rings. The van der Waals surface area contributed by atoms with Gasteiger partial charge in [0.1, 0.15) is 24.3 Å². The highest BCUT2D eigenvalue weighted by molar-refractivity contribution is 6.06. The third-order valence-electron chi connectivity index (χ3n) is 11.2. The van der Waals surface area contributed by atoms with Crippen LogP contribution in [0, 0.1) is 5.92 Å². The molecule has 0 saturated carbocycles. The number of likely N-dealkylation sites (tertiary alicyclic amines) is 2. The van der Waals surface area contributed by atoms with Gasteiger partial charge in [-0.25, -0.2) is 4.79 Å². The van der Waals surface area contributed by atoms with Crippen LogP contribution in [0.1, 0.15) is 87.2 Å². The van der Waals surface area contributed by atoms with Gasteiger partial charge in [-0.3, -0.25) is 24.2 Å². The third-order valence-corrected chi connectivity index (χ3v) is 11.2. The highest BCUT2D eigenvalue weighted by Crippen LogP contribution is 2.43.